The lowest BCUT2D eigenvalue weighted by Gasteiger charge is -1.97. The minimum atomic E-state index is 0.857. The summed E-state index contributed by atoms with van der Waals surface area (Å²) in [7, 11) is 0. The molecule has 2 aliphatic rings. The lowest BCUT2D eigenvalue weighted by molar-refractivity contribution is 0.602. The molecule has 0 aromatic rings. The van der Waals surface area contributed by atoms with Crippen LogP contribution in [0.2, 0.25) is 0 Å². The first-order chi connectivity index (χ1) is 4.29. The van der Waals surface area contributed by atoms with Gasteiger partial charge in [-0.3, -0.25) is 0 Å². The molecule has 1 saturated carbocycles. The highest BCUT2D eigenvalue weighted by Crippen LogP contribution is 2.41. The highest BCUT2D eigenvalue weighted by atomic mass is 15.2. The Morgan fingerprint density at radius 3 is 2.33 bits per heavy atom. The molecule has 52 valence electrons. The molecule has 0 unspecified atom stereocenters. The molecule has 1 aliphatic heterocycles. The van der Waals surface area contributed by atoms with Crippen LogP contribution in [0.25, 0.3) is 0 Å². The van der Waals surface area contributed by atoms with E-state index >= 15 is 0 Å². The third kappa shape index (κ3) is 0.983. The second-order valence-electron chi connectivity index (χ2n) is 3.80. The van der Waals surface area contributed by atoms with Gasteiger partial charge in [0, 0.05) is 12.1 Å². The Kier molecular flexibility index (Phi) is 1.10. The highest BCUT2D eigenvalue weighted by Gasteiger charge is 2.47. The van der Waals surface area contributed by atoms with Crippen LogP contribution < -0.4 is 5.32 Å². The number of nitrogens with one attached hydrogen (secondary N) is 1. The van der Waals surface area contributed by atoms with Gasteiger partial charge >= 0.3 is 0 Å². The summed E-state index contributed by atoms with van der Waals surface area (Å²) in [4.78, 5) is 0. The van der Waals surface area contributed by atoms with Gasteiger partial charge in [-0.25, -0.2) is 0 Å². The highest BCUT2D eigenvalue weighted by molar-refractivity contribution is 5.07. The Morgan fingerprint density at radius 2 is 2.00 bits per heavy atom. The second-order valence-corrected chi connectivity index (χ2v) is 3.80. The first-order valence-corrected chi connectivity index (χ1v) is 4.05. The van der Waals surface area contributed by atoms with E-state index in [1.807, 2.05) is 0 Å². The van der Waals surface area contributed by atoms with Gasteiger partial charge in [-0.2, -0.15) is 0 Å². The van der Waals surface area contributed by atoms with E-state index in [0.29, 0.717) is 0 Å². The van der Waals surface area contributed by atoms with Gasteiger partial charge in [-0.05, 0) is 24.7 Å². The number of hydrogen-bond donors (Lipinski definition) is 1. The molecule has 1 heterocycles. The third-order valence-electron chi connectivity index (χ3n) is 2.51. The lowest BCUT2D eigenvalue weighted by Crippen LogP contribution is -2.03. The van der Waals surface area contributed by atoms with Crippen molar-refractivity contribution < 1.29 is 0 Å². The summed E-state index contributed by atoms with van der Waals surface area (Å²) in [5.74, 6) is 1.92. The first-order valence-electron chi connectivity index (χ1n) is 4.05. The molecule has 1 aliphatic carbocycles. The summed E-state index contributed by atoms with van der Waals surface area (Å²) in [6.07, 6.45) is 2.97. The molecule has 1 saturated heterocycles. The van der Waals surface area contributed by atoms with Gasteiger partial charge in [0.25, 0.3) is 0 Å². The Labute approximate surface area is 56.8 Å². The molecule has 9 heavy (non-hydrogen) atoms. The maximum atomic E-state index is 3.53. The van der Waals surface area contributed by atoms with Crippen LogP contribution in [0.15, 0.2) is 0 Å². The molecule has 1 heteroatoms. The van der Waals surface area contributed by atoms with E-state index < -0.39 is 0 Å². The molecule has 0 aromatic heterocycles. The fourth-order valence-electron chi connectivity index (χ4n) is 1.66. The zero-order chi connectivity index (χ0) is 6.43. The predicted molar refractivity (Wildman–Crippen MR) is 38.3 cm³/mol. The van der Waals surface area contributed by atoms with Crippen molar-refractivity contribution in [2.75, 3.05) is 0 Å². The van der Waals surface area contributed by atoms with Crippen LogP contribution in [-0.2, 0) is 0 Å². The molecule has 0 radical (unpaired) electrons. The largest absolute Gasteiger partial charge is 0.308 e. The van der Waals surface area contributed by atoms with Gasteiger partial charge in [0.15, 0.2) is 0 Å². The molecule has 2 fully saturated rings. The van der Waals surface area contributed by atoms with Crippen molar-refractivity contribution in [1.29, 1.82) is 0 Å². The molecular formula is C8H15N. The summed E-state index contributed by atoms with van der Waals surface area (Å²) in [5, 5.41) is 3.53. The fraction of sp³-hybridized carbons (Fsp3) is 1.00. The summed E-state index contributed by atoms with van der Waals surface area (Å²) in [6, 6.07) is 1.79. The van der Waals surface area contributed by atoms with Gasteiger partial charge in [0.05, 0.1) is 0 Å². The van der Waals surface area contributed by atoms with Crippen LogP contribution in [0.1, 0.15) is 26.7 Å². The van der Waals surface area contributed by atoms with Gasteiger partial charge in [0.1, 0.15) is 0 Å². The molecule has 0 spiro atoms. The predicted octanol–water partition coefficient (Wildman–Crippen LogP) is 1.39. The van der Waals surface area contributed by atoms with E-state index in [0.717, 1.165) is 23.9 Å². The van der Waals surface area contributed by atoms with E-state index in [1.165, 1.54) is 12.8 Å². The molecule has 1 nitrogen and oxygen atoms in total. The lowest BCUT2D eigenvalue weighted by atomic mass is 10.1. The van der Waals surface area contributed by atoms with Crippen molar-refractivity contribution in [2.24, 2.45) is 11.8 Å². The van der Waals surface area contributed by atoms with Crippen LogP contribution in [0, 0.1) is 11.8 Å². The fourth-order valence-corrected chi connectivity index (χ4v) is 1.66. The number of hydrogen-bond acceptors (Lipinski definition) is 1. The minimum Gasteiger partial charge on any atom is -0.308 e. The van der Waals surface area contributed by atoms with E-state index in [9.17, 15) is 0 Å². The van der Waals surface area contributed by atoms with Crippen molar-refractivity contribution >= 4 is 0 Å². The van der Waals surface area contributed by atoms with Gasteiger partial charge in [-0.1, -0.05) is 13.8 Å². The number of rotatable bonds is 2. The topological polar surface area (TPSA) is 21.9 Å². The van der Waals surface area contributed by atoms with Gasteiger partial charge < -0.3 is 5.32 Å². The summed E-state index contributed by atoms with van der Waals surface area (Å²) in [6.45, 7) is 4.61. The Hall–Kier alpha value is -0.0400. The average molecular weight is 125 g/mol. The summed E-state index contributed by atoms with van der Waals surface area (Å²) >= 11 is 0. The summed E-state index contributed by atoms with van der Waals surface area (Å²) < 4.78 is 0. The SMILES string of the molecule is CC(C)[C@@H]1N[C@@H]1C1CC1. The molecule has 2 atom stereocenters. The molecule has 0 bridgehead atoms. The Morgan fingerprint density at radius 1 is 1.33 bits per heavy atom. The maximum Gasteiger partial charge on any atom is 0.0255 e. The van der Waals surface area contributed by atoms with E-state index in [1.54, 1.807) is 0 Å². The van der Waals surface area contributed by atoms with Crippen LogP contribution in [0.3, 0.4) is 0 Å². The smallest absolute Gasteiger partial charge is 0.0255 e. The van der Waals surface area contributed by atoms with Gasteiger partial charge in [-0.15, -0.1) is 0 Å². The third-order valence-corrected chi connectivity index (χ3v) is 2.51. The Balaban J connectivity index is 1.81. The molecule has 1 N–H and O–H groups in total. The van der Waals surface area contributed by atoms with Crippen molar-refractivity contribution in [1.82, 2.24) is 5.32 Å². The molecule has 2 rings (SSSR count). The normalized spacial score (nSPS) is 41.7. The second kappa shape index (κ2) is 1.72. The summed E-state index contributed by atoms with van der Waals surface area (Å²) in [5.41, 5.74) is 0. The Bertz CT molecular complexity index is 110. The van der Waals surface area contributed by atoms with E-state index in [4.69, 9.17) is 0 Å². The zero-order valence-electron chi connectivity index (χ0n) is 6.22. The van der Waals surface area contributed by atoms with E-state index in [2.05, 4.69) is 19.2 Å². The molecule has 0 aromatic carbocycles. The van der Waals surface area contributed by atoms with Gasteiger partial charge in [0.2, 0.25) is 0 Å². The van der Waals surface area contributed by atoms with E-state index in [-0.39, 0.29) is 0 Å². The van der Waals surface area contributed by atoms with Crippen LogP contribution >= 0.6 is 0 Å². The van der Waals surface area contributed by atoms with Crippen LogP contribution in [-0.4, -0.2) is 12.1 Å². The first kappa shape index (κ1) is 5.72. The minimum absolute atomic E-state index is 0.857. The molecule has 0 amide bonds. The van der Waals surface area contributed by atoms with Crippen molar-refractivity contribution in [3.63, 3.8) is 0 Å². The van der Waals surface area contributed by atoms with Crippen molar-refractivity contribution in [3.05, 3.63) is 0 Å². The molecular weight excluding hydrogens is 110 g/mol. The van der Waals surface area contributed by atoms with Crippen LogP contribution in [0.5, 0.6) is 0 Å². The monoisotopic (exact) mass is 125 g/mol. The van der Waals surface area contributed by atoms with Crippen molar-refractivity contribution in [2.45, 2.75) is 38.8 Å². The standard InChI is InChI=1S/C8H15N/c1-5(2)7-8(9-7)6-3-4-6/h5-9H,3-4H2,1-2H3/t7-,8+/m0/s1. The zero-order valence-corrected chi connectivity index (χ0v) is 6.22. The quantitative estimate of drug-likeness (QED) is 0.553. The van der Waals surface area contributed by atoms with Crippen molar-refractivity contribution in [3.8, 4) is 0 Å². The average Bonchev–Trinajstić information content (AvgIpc) is 2.60. The maximum absolute atomic E-state index is 3.53. The van der Waals surface area contributed by atoms with Crippen LogP contribution in [0.4, 0.5) is 0 Å².